The van der Waals surface area contributed by atoms with Crippen LogP contribution in [0.4, 0.5) is 10.5 Å². The number of amides is 4. The van der Waals surface area contributed by atoms with Gasteiger partial charge in [0.05, 0.1) is 25.6 Å². The van der Waals surface area contributed by atoms with Gasteiger partial charge in [0, 0.05) is 17.5 Å². The Morgan fingerprint density at radius 2 is 2.04 bits per heavy atom. The first kappa shape index (κ1) is 20.0. The van der Waals surface area contributed by atoms with Gasteiger partial charge < -0.3 is 14.8 Å². The van der Waals surface area contributed by atoms with Gasteiger partial charge in [-0.3, -0.25) is 19.4 Å². The summed E-state index contributed by atoms with van der Waals surface area (Å²) in [6.45, 7) is 3.28. The number of imide groups is 1. The van der Waals surface area contributed by atoms with Crippen molar-refractivity contribution in [3.63, 3.8) is 0 Å². The third-order valence-electron chi connectivity index (χ3n) is 4.39. The molecule has 3 rings (SSSR count). The highest BCUT2D eigenvalue weighted by molar-refractivity contribution is 8.00. The zero-order valence-electron chi connectivity index (χ0n) is 16.0. The van der Waals surface area contributed by atoms with E-state index in [4.69, 9.17) is 9.47 Å². The molecule has 0 radical (unpaired) electrons. The fourth-order valence-corrected chi connectivity index (χ4v) is 3.85. The van der Waals surface area contributed by atoms with Crippen LogP contribution < -0.4 is 19.5 Å². The Kier molecular flexibility index (Phi) is 5.80. The highest BCUT2D eigenvalue weighted by Crippen LogP contribution is 2.31. The Morgan fingerprint density at radius 1 is 1.29 bits per heavy atom. The molecule has 2 aliphatic heterocycles. The van der Waals surface area contributed by atoms with E-state index in [1.165, 1.54) is 36.0 Å². The molecule has 2 heterocycles. The molecular formula is C18H22N4O5S. The molecule has 2 N–H and O–H groups in total. The summed E-state index contributed by atoms with van der Waals surface area (Å²) in [6.07, 6.45) is 0. The molecule has 0 aliphatic carbocycles. The minimum atomic E-state index is -0.649. The fourth-order valence-electron chi connectivity index (χ4n) is 3.04. The molecule has 1 fully saturated rings. The molecule has 1 aromatic rings. The van der Waals surface area contributed by atoms with Crippen molar-refractivity contribution in [3.8, 4) is 11.5 Å². The lowest BCUT2D eigenvalue weighted by atomic mass is 10.1. The number of hydrogen-bond acceptors (Lipinski definition) is 7. The molecule has 1 unspecified atom stereocenters. The van der Waals surface area contributed by atoms with Gasteiger partial charge in [0.1, 0.15) is 24.1 Å². The predicted octanol–water partition coefficient (Wildman–Crippen LogP) is 1.78. The maximum absolute atomic E-state index is 12.9. The zero-order valence-corrected chi connectivity index (χ0v) is 16.8. The third-order valence-corrected chi connectivity index (χ3v) is 5.12. The van der Waals surface area contributed by atoms with Gasteiger partial charge in [0.2, 0.25) is 5.91 Å². The lowest BCUT2D eigenvalue weighted by molar-refractivity contribution is -0.133. The van der Waals surface area contributed by atoms with Gasteiger partial charge in [-0.05, 0) is 26.0 Å². The summed E-state index contributed by atoms with van der Waals surface area (Å²) in [4.78, 5) is 40.6. The Labute approximate surface area is 167 Å². The van der Waals surface area contributed by atoms with Crippen molar-refractivity contribution in [3.05, 3.63) is 29.3 Å². The predicted molar refractivity (Wildman–Crippen MR) is 105 cm³/mol. The monoisotopic (exact) mass is 406 g/mol. The van der Waals surface area contributed by atoms with E-state index in [1.54, 1.807) is 37.5 Å². The number of ether oxygens (including phenoxy) is 2. The van der Waals surface area contributed by atoms with E-state index < -0.39 is 18.0 Å². The average Bonchev–Trinajstić information content (AvgIpc) is 3.15. The largest absolute Gasteiger partial charge is 0.497 e. The van der Waals surface area contributed by atoms with Gasteiger partial charge in [-0.25, -0.2) is 9.52 Å². The highest BCUT2D eigenvalue weighted by Gasteiger charge is 2.46. The minimum Gasteiger partial charge on any atom is -0.497 e. The summed E-state index contributed by atoms with van der Waals surface area (Å²) in [5, 5.41) is 4.42. The van der Waals surface area contributed by atoms with Crippen molar-refractivity contribution in [2.24, 2.45) is 0 Å². The number of hydrogen-bond donors (Lipinski definition) is 2. The van der Waals surface area contributed by atoms with Crippen molar-refractivity contribution >= 4 is 35.5 Å². The van der Waals surface area contributed by atoms with Crippen LogP contribution in [0.15, 0.2) is 29.3 Å². The Hall–Kier alpha value is -2.72. The smallest absolute Gasteiger partial charge is 0.331 e. The maximum atomic E-state index is 12.9. The van der Waals surface area contributed by atoms with E-state index in [1.807, 2.05) is 0 Å². The standard InChI is InChI=1S/C18H22N4O5S/c1-10(2)22-17(24)16-13(9-28-20-16)21(18(22)25)8-15(23)19-12-7-11(26-3)5-6-14(12)27-4/h5-7,9-10,16,20H,8H2,1-4H3,(H,19,23). The van der Waals surface area contributed by atoms with E-state index >= 15 is 0 Å². The van der Waals surface area contributed by atoms with Crippen molar-refractivity contribution in [2.45, 2.75) is 25.9 Å². The summed E-state index contributed by atoms with van der Waals surface area (Å²) in [5.41, 5.74) is 0.905. The molecule has 2 aliphatic rings. The van der Waals surface area contributed by atoms with E-state index in [0.29, 0.717) is 22.9 Å². The van der Waals surface area contributed by atoms with Gasteiger partial charge in [0.15, 0.2) is 0 Å². The number of rotatable bonds is 6. The van der Waals surface area contributed by atoms with Crippen molar-refractivity contribution in [2.75, 3.05) is 26.1 Å². The number of urea groups is 1. The molecule has 4 amide bonds. The zero-order chi connectivity index (χ0) is 20.4. The van der Waals surface area contributed by atoms with E-state index in [0.717, 1.165) is 0 Å². The van der Waals surface area contributed by atoms with E-state index in [2.05, 4.69) is 10.0 Å². The lowest BCUT2D eigenvalue weighted by Gasteiger charge is -2.39. The minimum absolute atomic E-state index is 0.236. The van der Waals surface area contributed by atoms with Crippen LogP contribution >= 0.6 is 11.9 Å². The summed E-state index contributed by atoms with van der Waals surface area (Å²) >= 11 is 1.22. The summed E-state index contributed by atoms with van der Waals surface area (Å²) < 4.78 is 13.4. The van der Waals surface area contributed by atoms with Crippen LogP contribution in [0.3, 0.4) is 0 Å². The second-order valence-electron chi connectivity index (χ2n) is 6.50. The quantitative estimate of drug-likeness (QED) is 0.695. The summed E-state index contributed by atoms with van der Waals surface area (Å²) in [6, 6.07) is 3.54. The van der Waals surface area contributed by atoms with Gasteiger partial charge in [-0.2, -0.15) is 0 Å². The normalized spacial score (nSPS) is 18.9. The van der Waals surface area contributed by atoms with Gasteiger partial charge in [0.25, 0.3) is 5.91 Å². The molecular weight excluding hydrogens is 384 g/mol. The Balaban J connectivity index is 1.81. The van der Waals surface area contributed by atoms with Gasteiger partial charge >= 0.3 is 6.03 Å². The SMILES string of the molecule is COc1ccc(OC)c(NC(=O)CN2C(=O)N(C(C)C)C(=O)C3NSC=C32)c1. The molecule has 150 valence electrons. The number of anilines is 1. The first-order chi connectivity index (χ1) is 13.4. The highest BCUT2D eigenvalue weighted by atomic mass is 32.2. The number of benzene rings is 1. The van der Waals surface area contributed by atoms with Crippen LogP contribution in [0.25, 0.3) is 0 Å². The summed E-state index contributed by atoms with van der Waals surface area (Å²) in [5.74, 6) is 0.283. The van der Waals surface area contributed by atoms with Gasteiger partial charge in [-0.1, -0.05) is 11.9 Å². The molecule has 0 saturated carbocycles. The molecule has 1 atom stereocenters. The molecule has 0 bridgehead atoms. The van der Waals surface area contributed by atoms with Crippen molar-refractivity contribution in [1.82, 2.24) is 14.5 Å². The van der Waals surface area contributed by atoms with E-state index in [-0.39, 0.29) is 18.5 Å². The lowest BCUT2D eigenvalue weighted by Crippen LogP contribution is -2.62. The second kappa shape index (κ2) is 8.11. The van der Waals surface area contributed by atoms with Crippen molar-refractivity contribution in [1.29, 1.82) is 0 Å². The number of nitrogens with one attached hydrogen (secondary N) is 2. The summed E-state index contributed by atoms with van der Waals surface area (Å²) in [7, 11) is 3.02. The van der Waals surface area contributed by atoms with E-state index in [9.17, 15) is 14.4 Å². The Morgan fingerprint density at radius 3 is 2.68 bits per heavy atom. The van der Waals surface area contributed by atoms with Crippen LogP contribution in [0.5, 0.6) is 11.5 Å². The van der Waals surface area contributed by atoms with Crippen LogP contribution in [-0.2, 0) is 9.59 Å². The topological polar surface area (TPSA) is 100 Å². The fraction of sp³-hybridized carbons (Fsp3) is 0.389. The second-order valence-corrected chi connectivity index (χ2v) is 7.20. The average molecular weight is 406 g/mol. The number of carbonyl (C=O) groups is 3. The van der Waals surface area contributed by atoms with Crippen LogP contribution in [-0.4, -0.2) is 60.5 Å². The number of fused-ring (bicyclic) bond motifs is 1. The van der Waals surface area contributed by atoms with Crippen LogP contribution in [0.1, 0.15) is 13.8 Å². The third kappa shape index (κ3) is 3.65. The van der Waals surface area contributed by atoms with Crippen LogP contribution in [0.2, 0.25) is 0 Å². The molecule has 10 heteroatoms. The van der Waals surface area contributed by atoms with Crippen LogP contribution in [0, 0.1) is 0 Å². The number of methoxy groups -OCH3 is 2. The Bertz CT molecular complexity index is 841. The molecule has 1 saturated heterocycles. The molecule has 0 aromatic heterocycles. The number of nitrogens with zero attached hydrogens (tertiary/aromatic N) is 2. The molecule has 9 nitrogen and oxygen atoms in total. The molecule has 28 heavy (non-hydrogen) atoms. The molecule has 1 aromatic carbocycles. The maximum Gasteiger partial charge on any atom is 0.331 e. The van der Waals surface area contributed by atoms with Crippen molar-refractivity contribution < 1.29 is 23.9 Å². The first-order valence-electron chi connectivity index (χ1n) is 8.65. The molecule has 0 spiro atoms. The number of carbonyl (C=O) groups excluding carboxylic acids is 3. The van der Waals surface area contributed by atoms with Gasteiger partial charge in [-0.15, -0.1) is 0 Å². The first-order valence-corrected chi connectivity index (χ1v) is 9.53.